The summed E-state index contributed by atoms with van der Waals surface area (Å²) in [6.07, 6.45) is 2.33. The summed E-state index contributed by atoms with van der Waals surface area (Å²) in [5, 5.41) is 0. The van der Waals surface area contributed by atoms with Crippen LogP contribution < -0.4 is 11.5 Å². The first-order chi connectivity index (χ1) is 6.52. The van der Waals surface area contributed by atoms with Crippen molar-refractivity contribution in [1.29, 1.82) is 0 Å². The van der Waals surface area contributed by atoms with Crippen molar-refractivity contribution in [3.63, 3.8) is 0 Å². The monoisotopic (exact) mass is 200 g/mol. The molecule has 4 nitrogen and oxygen atoms in total. The lowest BCUT2D eigenvalue weighted by atomic mass is 9.93. The van der Waals surface area contributed by atoms with Gasteiger partial charge in [0.25, 0.3) is 0 Å². The fraction of sp³-hybridized carbons (Fsp3) is 0.900. The summed E-state index contributed by atoms with van der Waals surface area (Å²) in [4.78, 5) is 6.29. The average molecular weight is 200 g/mol. The van der Waals surface area contributed by atoms with E-state index >= 15 is 0 Å². The predicted molar refractivity (Wildman–Crippen MR) is 62.2 cm³/mol. The van der Waals surface area contributed by atoms with Crippen molar-refractivity contribution in [3.05, 3.63) is 0 Å². The van der Waals surface area contributed by atoms with Gasteiger partial charge >= 0.3 is 0 Å². The van der Waals surface area contributed by atoms with Crippen LogP contribution in [0.15, 0.2) is 4.99 Å². The van der Waals surface area contributed by atoms with Crippen LogP contribution in [0, 0.1) is 5.92 Å². The van der Waals surface area contributed by atoms with E-state index in [0.29, 0.717) is 18.5 Å². The minimum absolute atomic E-state index is 0.183. The zero-order chi connectivity index (χ0) is 11.1. The highest BCUT2D eigenvalue weighted by molar-refractivity contribution is 5.75. The fourth-order valence-electron chi connectivity index (χ4n) is 1.77. The van der Waals surface area contributed by atoms with Gasteiger partial charge < -0.3 is 16.4 Å². The lowest BCUT2D eigenvalue weighted by Gasteiger charge is -2.29. The number of nitrogens with zero attached hydrogens (tertiary/aromatic N) is 2. The molecule has 4 heteroatoms. The molecule has 1 unspecified atom stereocenters. The molecule has 1 atom stereocenters. The Labute approximate surface area is 87.4 Å². The zero-order valence-corrected chi connectivity index (χ0v) is 9.83. The number of rotatable bonds is 6. The van der Waals surface area contributed by atoms with Gasteiger partial charge in [0, 0.05) is 6.04 Å². The van der Waals surface area contributed by atoms with Gasteiger partial charge in [0.2, 0.25) is 0 Å². The molecule has 84 valence electrons. The molecular weight excluding hydrogens is 176 g/mol. The van der Waals surface area contributed by atoms with E-state index in [1.807, 2.05) is 0 Å². The van der Waals surface area contributed by atoms with E-state index in [-0.39, 0.29) is 5.96 Å². The van der Waals surface area contributed by atoms with Crippen LogP contribution in [-0.4, -0.2) is 37.5 Å². The third kappa shape index (κ3) is 4.46. The molecule has 0 spiro atoms. The van der Waals surface area contributed by atoms with Crippen LogP contribution in [0.1, 0.15) is 26.7 Å². The van der Waals surface area contributed by atoms with Gasteiger partial charge in [-0.3, -0.25) is 4.99 Å². The van der Waals surface area contributed by atoms with Crippen LogP contribution in [0.25, 0.3) is 0 Å². The lowest BCUT2D eigenvalue weighted by Crippen LogP contribution is -2.38. The van der Waals surface area contributed by atoms with Crippen molar-refractivity contribution < 1.29 is 0 Å². The van der Waals surface area contributed by atoms with Gasteiger partial charge in [-0.05, 0) is 20.0 Å². The predicted octanol–water partition coefficient (Wildman–Crippen LogP) is 0.626. The SMILES string of the molecule is CCC(CC)C(CN=C(N)N)N(C)C. The molecule has 0 aliphatic carbocycles. The Kier molecular flexibility index (Phi) is 6.28. The maximum Gasteiger partial charge on any atom is 0.185 e. The normalized spacial score (nSPS) is 13.3. The first kappa shape index (κ1) is 13.2. The second-order valence-electron chi connectivity index (χ2n) is 3.87. The maximum absolute atomic E-state index is 5.33. The number of likely N-dealkylation sites (N-methyl/N-ethyl adjacent to an activating group) is 1. The smallest absolute Gasteiger partial charge is 0.185 e. The molecule has 0 radical (unpaired) electrons. The van der Waals surface area contributed by atoms with Gasteiger partial charge in [0.1, 0.15) is 0 Å². The highest BCUT2D eigenvalue weighted by Crippen LogP contribution is 2.17. The molecule has 0 saturated heterocycles. The van der Waals surface area contributed by atoms with E-state index in [4.69, 9.17) is 11.5 Å². The lowest BCUT2D eigenvalue weighted by molar-refractivity contribution is 0.206. The molecule has 0 aromatic carbocycles. The Morgan fingerprint density at radius 1 is 1.21 bits per heavy atom. The van der Waals surface area contributed by atoms with Crippen LogP contribution in [0.3, 0.4) is 0 Å². The summed E-state index contributed by atoms with van der Waals surface area (Å²) in [5.41, 5.74) is 10.7. The molecule has 0 aromatic rings. The van der Waals surface area contributed by atoms with E-state index in [2.05, 4.69) is 37.8 Å². The van der Waals surface area contributed by atoms with Crippen molar-refractivity contribution in [2.75, 3.05) is 20.6 Å². The molecular formula is C10H24N4. The third-order valence-electron chi connectivity index (χ3n) is 2.72. The van der Waals surface area contributed by atoms with Crippen molar-refractivity contribution in [1.82, 2.24) is 4.90 Å². The molecule has 0 bridgehead atoms. The molecule has 0 saturated carbocycles. The first-order valence-corrected chi connectivity index (χ1v) is 5.24. The van der Waals surface area contributed by atoms with E-state index < -0.39 is 0 Å². The van der Waals surface area contributed by atoms with Gasteiger partial charge in [0.05, 0.1) is 6.54 Å². The Morgan fingerprint density at radius 3 is 2.00 bits per heavy atom. The highest BCUT2D eigenvalue weighted by atomic mass is 15.1. The molecule has 0 heterocycles. The number of hydrogen-bond donors (Lipinski definition) is 2. The Balaban J connectivity index is 4.34. The van der Waals surface area contributed by atoms with Crippen LogP contribution in [0.2, 0.25) is 0 Å². The Morgan fingerprint density at radius 2 is 1.71 bits per heavy atom. The van der Waals surface area contributed by atoms with Gasteiger partial charge in [0.15, 0.2) is 5.96 Å². The topological polar surface area (TPSA) is 67.6 Å². The maximum atomic E-state index is 5.33. The summed E-state index contributed by atoms with van der Waals surface area (Å²) in [5.74, 6) is 0.843. The number of hydrogen-bond acceptors (Lipinski definition) is 2. The Bertz CT molecular complexity index is 169. The number of nitrogens with two attached hydrogens (primary N) is 2. The zero-order valence-electron chi connectivity index (χ0n) is 9.83. The molecule has 14 heavy (non-hydrogen) atoms. The second kappa shape index (κ2) is 6.65. The largest absolute Gasteiger partial charge is 0.370 e. The summed E-state index contributed by atoms with van der Waals surface area (Å²) in [7, 11) is 4.15. The van der Waals surface area contributed by atoms with Gasteiger partial charge in [-0.1, -0.05) is 26.7 Å². The highest BCUT2D eigenvalue weighted by Gasteiger charge is 2.19. The van der Waals surface area contributed by atoms with E-state index in [1.54, 1.807) is 0 Å². The average Bonchev–Trinajstić information content (AvgIpc) is 2.11. The van der Waals surface area contributed by atoms with E-state index in [9.17, 15) is 0 Å². The standard InChI is InChI=1S/C10H24N4/c1-5-8(6-2)9(14(3)4)7-13-10(11)12/h8-9H,5-7H2,1-4H3,(H4,11,12,13). The van der Waals surface area contributed by atoms with Crippen molar-refractivity contribution in [3.8, 4) is 0 Å². The van der Waals surface area contributed by atoms with Gasteiger partial charge in [-0.15, -0.1) is 0 Å². The van der Waals surface area contributed by atoms with E-state index in [1.165, 1.54) is 12.8 Å². The van der Waals surface area contributed by atoms with Crippen LogP contribution in [0.5, 0.6) is 0 Å². The van der Waals surface area contributed by atoms with Gasteiger partial charge in [-0.2, -0.15) is 0 Å². The minimum atomic E-state index is 0.183. The Hall–Kier alpha value is -0.770. The number of aliphatic imine (C=N–C) groups is 1. The van der Waals surface area contributed by atoms with Crippen molar-refractivity contribution >= 4 is 5.96 Å². The van der Waals surface area contributed by atoms with E-state index in [0.717, 1.165) is 0 Å². The second-order valence-corrected chi connectivity index (χ2v) is 3.87. The molecule has 0 aliphatic heterocycles. The van der Waals surface area contributed by atoms with Crippen LogP contribution in [-0.2, 0) is 0 Å². The number of guanidine groups is 1. The van der Waals surface area contributed by atoms with Crippen molar-refractivity contribution in [2.45, 2.75) is 32.7 Å². The minimum Gasteiger partial charge on any atom is -0.370 e. The molecule has 0 aromatic heterocycles. The fourth-order valence-corrected chi connectivity index (χ4v) is 1.77. The summed E-state index contributed by atoms with van der Waals surface area (Å²) >= 11 is 0. The van der Waals surface area contributed by atoms with Crippen LogP contribution in [0.4, 0.5) is 0 Å². The molecule has 0 fully saturated rings. The summed E-state index contributed by atoms with van der Waals surface area (Å²) in [6, 6.07) is 0.437. The van der Waals surface area contributed by atoms with Crippen LogP contribution >= 0.6 is 0 Å². The summed E-state index contributed by atoms with van der Waals surface area (Å²) < 4.78 is 0. The quantitative estimate of drug-likeness (QED) is 0.488. The third-order valence-corrected chi connectivity index (χ3v) is 2.72. The summed E-state index contributed by atoms with van der Waals surface area (Å²) in [6.45, 7) is 5.11. The molecule has 0 rings (SSSR count). The van der Waals surface area contributed by atoms with Crippen molar-refractivity contribution in [2.24, 2.45) is 22.4 Å². The molecule has 0 aliphatic rings. The molecule has 4 N–H and O–H groups in total. The van der Waals surface area contributed by atoms with Gasteiger partial charge in [-0.25, -0.2) is 0 Å². The molecule has 0 amide bonds. The first-order valence-electron chi connectivity index (χ1n) is 5.24.